The second-order valence-electron chi connectivity index (χ2n) is 11.2. The van der Waals surface area contributed by atoms with E-state index in [1.165, 1.54) is 0 Å². The van der Waals surface area contributed by atoms with Crippen molar-refractivity contribution in [1.29, 1.82) is 5.26 Å². The van der Waals surface area contributed by atoms with Gasteiger partial charge in [0.1, 0.15) is 11.6 Å². The van der Waals surface area contributed by atoms with E-state index in [9.17, 15) is 10.1 Å². The molecular weight excluding hydrogens is 534 g/mol. The number of piperidine rings is 2. The standard InChI is InChI=1S/C33H34ClN5O2/c1-22(41-27-9-10-31-24(18-27)11-15-36-31)28-12-17-39(21-30(28)23-5-7-26(34)8-6-23)33(40)29-13-16-38(20-25(29)19-35)32-4-2-3-14-37-32/h2-11,14-15,18,22,25,28-30,36H,12-13,16-17,20-21H2,1H3/t22-,25?,28+,29?,30+/m0/s1. The number of rotatable bonds is 6. The van der Waals surface area contributed by atoms with Gasteiger partial charge in [0, 0.05) is 66.3 Å². The number of benzene rings is 2. The minimum Gasteiger partial charge on any atom is -0.490 e. The van der Waals surface area contributed by atoms with Gasteiger partial charge in [-0.1, -0.05) is 29.8 Å². The van der Waals surface area contributed by atoms with Crippen molar-refractivity contribution in [2.45, 2.75) is 31.8 Å². The molecule has 2 aliphatic heterocycles. The lowest BCUT2D eigenvalue weighted by molar-refractivity contribution is -0.139. The molecule has 4 aromatic rings. The highest BCUT2D eigenvalue weighted by atomic mass is 35.5. The van der Waals surface area contributed by atoms with Gasteiger partial charge in [-0.15, -0.1) is 0 Å². The molecule has 4 heterocycles. The van der Waals surface area contributed by atoms with Crippen LogP contribution in [-0.2, 0) is 4.79 Å². The topological polar surface area (TPSA) is 85.2 Å². The Bertz CT molecular complexity index is 1530. The van der Waals surface area contributed by atoms with Gasteiger partial charge in [-0.25, -0.2) is 4.98 Å². The number of anilines is 1. The predicted octanol–water partition coefficient (Wildman–Crippen LogP) is 6.28. The highest BCUT2D eigenvalue weighted by molar-refractivity contribution is 6.30. The number of carbonyl (C=O) groups excluding carboxylic acids is 1. The molecule has 0 spiro atoms. The van der Waals surface area contributed by atoms with Gasteiger partial charge in [0.15, 0.2) is 0 Å². The fourth-order valence-electron chi connectivity index (χ4n) is 6.56. The first-order valence-electron chi connectivity index (χ1n) is 14.3. The number of hydrogen-bond donors (Lipinski definition) is 1. The molecule has 2 aromatic heterocycles. The van der Waals surface area contributed by atoms with Crippen LogP contribution in [0.2, 0.25) is 5.02 Å². The molecule has 0 aliphatic carbocycles. The maximum absolute atomic E-state index is 13.9. The van der Waals surface area contributed by atoms with Crippen LogP contribution in [0.4, 0.5) is 5.82 Å². The maximum Gasteiger partial charge on any atom is 0.227 e. The summed E-state index contributed by atoms with van der Waals surface area (Å²) >= 11 is 6.23. The molecule has 2 aromatic carbocycles. The SMILES string of the molecule is C[C@H](Oc1ccc2[nH]ccc2c1)[C@H]1CCN(C(=O)C2CCN(c3ccccn3)CC2C#N)C[C@@H]1c1ccc(Cl)cc1. The summed E-state index contributed by atoms with van der Waals surface area (Å²) in [5, 5.41) is 11.8. The summed E-state index contributed by atoms with van der Waals surface area (Å²) in [5.74, 6) is 1.38. The highest BCUT2D eigenvalue weighted by Crippen LogP contribution is 2.38. The molecular formula is C33H34ClN5O2. The number of nitrogens with zero attached hydrogens (tertiary/aromatic N) is 4. The molecule has 7 nitrogen and oxygen atoms in total. The van der Waals surface area contributed by atoms with Gasteiger partial charge in [-0.3, -0.25) is 4.79 Å². The number of nitrogens with one attached hydrogen (secondary N) is 1. The second-order valence-corrected chi connectivity index (χ2v) is 11.6. The first-order valence-corrected chi connectivity index (χ1v) is 14.7. The van der Waals surface area contributed by atoms with Gasteiger partial charge in [0.05, 0.1) is 24.0 Å². The third-order valence-corrected chi connectivity index (χ3v) is 9.05. The molecule has 0 saturated carbocycles. The molecule has 2 aliphatic rings. The second kappa shape index (κ2) is 11.8. The number of aromatic nitrogens is 2. The Labute approximate surface area is 245 Å². The first kappa shape index (κ1) is 27.2. The van der Waals surface area contributed by atoms with Crippen LogP contribution in [0.5, 0.6) is 5.75 Å². The number of hydrogen-bond acceptors (Lipinski definition) is 5. The molecule has 2 fully saturated rings. The lowest BCUT2D eigenvalue weighted by Crippen LogP contribution is -2.52. The molecule has 8 heteroatoms. The molecule has 41 heavy (non-hydrogen) atoms. The first-order chi connectivity index (χ1) is 20.0. The van der Waals surface area contributed by atoms with Crippen LogP contribution in [0.15, 0.2) is 79.1 Å². The van der Waals surface area contributed by atoms with Crippen LogP contribution in [0.3, 0.4) is 0 Å². The number of halogens is 1. The number of aromatic amines is 1. The van der Waals surface area contributed by atoms with E-state index >= 15 is 0 Å². The zero-order chi connectivity index (χ0) is 28.3. The van der Waals surface area contributed by atoms with Crippen molar-refractivity contribution in [2.24, 2.45) is 17.8 Å². The number of H-pyrrole nitrogens is 1. The Morgan fingerprint density at radius 1 is 1.10 bits per heavy atom. The molecule has 5 atom stereocenters. The lowest BCUT2D eigenvalue weighted by Gasteiger charge is -2.44. The Hall–Kier alpha value is -4.02. The third kappa shape index (κ3) is 5.75. The van der Waals surface area contributed by atoms with E-state index in [0.717, 1.165) is 34.5 Å². The fourth-order valence-corrected chi connectivity index (χ4v) is 6.69. The molecule has 210 valence electrons. The minimum atomic E-state index is -0.379. The molecule has 2 unspecified atom stereocenters. The molecule has 2 saturated heterocycles. The van der Waals surface area contributed by atoms with Crippen molar-refractivity contribution in [2.75, 3.05) is 31.1 Å². The summed E-state index contributed by atoms with van der Waals surface area (Å²) in [4.78, 5) is 25.7. The summed E-state index contributed by atoms with van der Waals surface area (Å²) in [5.41, 5.74) is 2.23. The van der Waals surface area contributed by atoms with E-state index in [-0.39, 0.29) is 35.7 Å². The smallest absolute Gasteiger partial charge is 0.227 e. The summed E-state index contributed by atoms with van der Waals surface area (Å²) in [6.45, 7) is 4.59. The van der Waals surface area contributed by atoms with Gasteiger partial charge in [-0.2, -0.15) is 5.26 Å². The molecule has 6 rings (SSSR count). The Morgan fingerprint density at radius 3 is 2.73 bits per heavy atom. The van der Waals surface area contributed by atoms with Crippen LogP contribution in [-0.4, -0.2) is 53.1 Å². The number of carbonyl (C=O) groups is 1. The Kier molecular flexibility index (Phi) is 7.84. The summed E-state index contributed by atoms with van der Waals surface area (Å²) in [6.07, 6.45) is 5.09. The van der Waals surface area contributed by atoms with E-state index in [1.54, 1.807) is 6.20 Å². The predicted molar refractivity (Wildman–Crippen MR) is 161 cm³/mol. The van der Waals surface area contributed by atoms with Crippen molar-refractivity contribution < 1.29 is 9.53 Å². The number of likely N-dealkylation sites (tertiary alicyclic amines) is 1. The van der Waals surface area contributed by atoms with Crippen molar-refractivity contribution in [3.63, 3.8) is 0 Å². The van der Waals surface area contributed by atoms with Gasteiger partial charge < -0.3 is 19.5 Å². The van der Waals surface area contributed by atoms with Crippen molar-refractivity contribution in [3.05, 3.63) is 89.7 Å². The van der Waals surface area contributed by atoms with Crippen molar-refractivity contribution in [1.82, 2.24) is 14.9 Å². The van der Waals surface area contributed by atoms with Crippen LogP contribution >= 0.6 is 11.6 Å². The zero-order valence-electron chi connectivity index (χ0n) is 23.1. The summed E-state index contributed by atoms with van der Waals surface area (Å²) < 4.78 is 6.51. The zero-order valence-corrected chi connectivity index (χ0v) is 23.9. The van der Waals surface area contributed by atoms with E-state index in [0.29, 0.717) is 37.6 Å². The van der Waals surface area contributed by atoms with Gasteiger partial charge in [-0.05, 0) is 73.9 Å². The van der Waals surface area contributed by atoms with E-state index in [1.807, 2.05) is 59.6 Å². The lowest BCUT2D eigenvalue weighted by atomic mass is 9.77. The van der Waals surface area contributed by atoms with Crippen molar-refractivity contribution in [3.8, 4) is 11.8 Å². The molecule has 1 N–H and O–H groups in total. The maximum atomic E-state index is 13.9. The summed E-state index contributed by atoms with van der Waals surface area (Å²) in [6, 6.07) is 24.3. The van der Waals surface area contributed by atoms with Crippen LogP contribution in [0.1, 0.15) is 31.2 Å². The number of fused-ring (bicyclic) bond motifs is 1. The van der Waals surface area contributed by atoms with Gasteiger partial charge in [0.2, 0.25) is 5.91 Å². The summed E-state index contributed by atoms with van der Waals surface area (Å²) in [7, 11) is 0. The number of nitriles is 1. The van der Waals surface area contributed by atoms with Crippen LogP contribution < -0.4 is 9.64 Å². The minimum absolute atomic E-state index is 0.0576. The molecule has 0 bridgehead atoms. The highest BCUT2D eigenvalue weighted by Gasteiger charge is 2.41. The quantitative estimate of drug-likeness (QED) is 0.296. The van der Waals surface area contributed by atoms with Gasteiger partial charge >= 0.3 is 0 Å². The average Bonchev–Trinajstić information content (AvgIpc) is 3.49. The van der Waals surface area contributed by atoms with Gasteiger partial charge in [0.25, 0.3) is 0 Å². The largest absolute Gasteiger partial charge is 0.490 e. The normalized spacial score (nSPS) is 23.6. The molecule has 0 radical (unpaired) electrons. The monoisotopic (exact) mass is 567 g/mol. The Morgan fingerprint density at radius 2 is 1.95 bits per heavy atom. The fraction of sp³-hybridized carbons (Fsp3) is 0.364. The Balaban J connectivity index is 1.19. The average molecular weight is 568 g/mol. The van der Waals surface area contributed by atoms with E-state index < -0.39 is 0 Å². The molecule has 1 amide bonds. The number of pyridine rings is 1. The van der Waals surface area contributed by atoms with E-state index in [2.05, 4.69) is 46.1 Å². The number of amides is 1. The van der Waals surface area contributed by atoms with Crippen molar-refractivity contribution >= 4 is 34.2 Å². The van der Waals surface area contributed by atoms with E-state index in [4.69, 9.17) is 16.3 Å². The van der Waals surface area contributed by atoms with Crippen LogP contribution in [0.25, 0.3) is 10.9 Å². The van der Waals surface area contributed by atoms with Crippen LogP contribution in [0, 0.1) is 29.1 Å². The third-order valence-electron chi connectivity index (χ3n) is 8.79. The number of ether oxygens (including phenoxy) is 1.